The van der Waals surface area contributed by atoms with Crippen molar-refractivity contribution in [2.24, 2.45) is 0 Å². The second-order valence-corrected chi connectivity index (χ2v) is 5.95. The standard InChI is InChI=1S/C15H21N4O2S/c1-2-7-19-8-3-14(4-9-19)21-10-5-15(20)22-11-6-13-12-16-18-17-13/h3-4,8-9,12H,2,5-7,10-11H2,1H3,(H,16,17,18)/q+1. The number of hydrogen-bond acceptors (Lipinski definition) is 5. The van der Waals surface area contributed by atoms with E-state index < -0.39 is 0 Å². The van der Waals surface area contributed by atoms with Crippen LogP contribution >= 0.6 is 11.8 Å². The molecule has 0 saturated heterocycles. The van der Waals surface area contributed by atoms with E-state index in [0.717, 1.165) is 30.8 Å². The number of H-pyrrole nitrogens is 1. The van der Waals surface area contributed by atoms with Gasteiger partial charge in [-0.25, -0.2) is 4.57 Å². The van der Waals surface area contributed by atoms with Gasteiger partial charge in [0.2, 0.25) is 0 Å². The van der Waals surface area contributed by atoms with Crippen molar-refractivity contribution in [2.75, 3.05) is 12.4 Å². The molecule has 0 fully saturated rings. The third-order valence-corrected chi connectivity index (χ3v) is 3.94. The summed E-state index contributed by atoms with van der Waals surface area (Å²) in [6.07, 6.45) is 7.91. The summed E-state index contributed by atoms with van der Waals surface area (Å²) < 4.78 is 7.70. The Balaban J connectivity index is 1.60. The molecule has 0 aliphatic carbocycles. The lowest BCUT2D eigenvalue weighted by Gasteiger charge is -2.04. The Labute approximate surface area is 134 Å². The first kappa shape index (κ1) is 16.5. The maximum Gasteiger partial charge on any atom is 0.192 e. The Kier molecular flexibility index (Phi) is 6.89. The lowest BCUT2D eigenvalue weighted by atomic mass is 10.4. The van der Waals surface area contributed by atoms with Crippen LogP contribution in [0.25, 0.3) is 0 Å². The van der Waals surface area contributed by atoms with Crippen LogP contribution < -0.4 is 9.30 Å². The van der Waals surface area contributed by atoms with E-state index in [1.54, 1.807) is 6.20 Å². The third-order valence-electron chi connectivity index (χ3n) is 3.00. The minimum atomic E-state index is 0.139. The molecule has 0 atom stereocenters. The molecule has 2 heterocycles. The SMILES string of the molecule is CCC[n+]1ccc(OCCC(=O)SCCc2cn[nH]n2)cc1. The summed E-state index contributed by atoms with van der Waals surface area (Å²) in [7, 11) is 0. The van der Waals surface area contributed by atoms with Crippen LogP contribution in [0.5, 0.6) is 5.75 Å². The first-order valence-corrected chi connectivity index (χ1v) is 8.38. The van der Waals surface area contributed by atoms with Gasteiger partial charge in [0, 0.05) is 30.7 Å². The van der Waals surface area contributed by atoms with E-state index in [0.29, 0.717) is 18.8 Å². The number of ether oxygens (including phenoxy) is 1. The van der Waals surface area contributed by atoms with E-state index in [2.05, 4.69) is 26.9 Å². The van der Waals surface area contributed by atoms with Crippen molar-refractivity contribution in [1.82, 2.24) is 15.4 Å². The second kappa shape index (κ2) is 9.19. The van der Waals surface area contributed by atoms with Gasteiger partial charge in [-0.15, -0.1) is 0 Å². The molecule has 2 aromatic rings. The van der Waals surface area contributed by atoms with Gasteiger partial charge in [0.05, 0.1) is 24.9 Å². The highest BCUT2D eigenvalue weighted by Crippen LogP contribution is 2.10. The molecule has 0 aliphatic heterocycles. The molecule has 2 rings (SSSR count). The number of thioether (sulfide) groups is 1. The number of hydrogen-bond donors (Lipinski definition) is 1. The number of aromatic amines is 1. The van der Waals surface area contributed by atoms with Gasteiger partial charge < -0.3 is 4.74 Å². The van der Waals surface area contributed by atoms with Gasteiger partial charge in [0.1, 0.15) is 12.3 Å². The van der Waals surface area contributed by atoms with Gasteiger partial charge in [-0.05, 0) is 0 Å². The van der Waals surface area contributed by atoms with Gasteiger partial charge in [0.15, 0.2) is 17.5 Å². The normalized spacial score (nSPS) is 10.6. The smallest absolute Gasteiger partial charge is 0.192 e. The summed E-state index contributed by atoms with van der Waals surface area (Å²) in [5.74, 6) is 1.51. The van der Waals surface area contributed by atoms with Gasteiger partial charge in [-0.1, -0.05) is 18.7 Å². The molecule has 0 bridgehead atoms. The van der Waals surface area contributed by atoms with E-state index in [9.17, 15) is 4.79 Å². The molecule has 0 spiro atoms. The lowest BCUT2D eigenvalue weighted by molar-refractivity contribution is -0.697. The number of nitrogens with one attached hydrogen (secondary N) is 1. The Bertz CT molecular complexity index is 557. The molecule has 0 saturated carbocycles. The van der Waals surface area contributed by atoms with E-state index in [1.807, 2.05) is 24.5 Å². The van der Waals surface area contributed by atoms with E-state index >= 15 is 0 Å². The highest BCUT2D eigenvalue weighted by atomic mass is 32.2. The number of rotatable bonds is 9. The Morgan fingerprint density at radius 2 is 2.23 bits per heavy atom. The Morgan fingerprint density at radius 3 is 2.91 bits per heavy atom. The van der Waals surface area contributed by atoms with Crippen LogP contribution in [0.2, 0.25) is 0 Å². The van der Waals surface area contributed by atoms with Crippen molar-refractivity contribution < 1.29 is 14.1 Å². The fraction of sp³-hybridized carbons (Fsp3) is 0.467. The van der Waals surface area contributed by atoms with Crippen LogP contribution in [0.4, 0.5) is 0 Å². The number of carbonyl (C=O) groups is 1. The summed E-state index contributed by atoms with van der Waals surface area (Å²) >= 11 is 1.31. The van der Waals surface area contributed by atoms with Crippen LogP contribution in [-0.2, 0) is 17.8 Å². The van der Waals surface area contributed by atoms with Crippen LogP contribution in [0.15, 0.2) is 30.7 Å². The molecule has 7 heteroatoms. The molecule has 0 aromatic carbocycles. The monoisotopic (exact) mass is 321 g/mol. The van der Waals surface area contributed by atoms with Gasteiger partial charge >= 0.3 is 0 Å². The van der Waals surface area contributed by atoms with E-state index in [-0.39, 0.29) is 5.12 Å². The summed E-state index contributed by atoms with van der Waals surface area (Å²) in [6, 6.07) is 3.86. The second-order valence-electron chi connectivity index (χ2n) is 4.80. The van der Waals surface area contributed by atoms with Gasteiger partial charge in [0.25, 0.3) is 0 Å². The molecule has 22 heavy (non-hydrogen) atoms. The van der Waals surface area contributed by atoms with Crippen molar-refractivity contribution in [3.05, 3.63) is 36.4 Å². The van der Waals surface area contributed by atoms with E-state index in [4.69, 9.17) is 4.74 Å². The van der Waals surface area contributed by atoms with Crippen LogP contribution in [0.1, 0.15) is 25.5 Å². The first-order chi connectivity index (χ1) is 10.8. The number of nitrogens with zero attached hydrogens (tertiary/aromatic N) is 3. The van der Waals surface area contributed by atoms with E-state index in [1.165, 1.54) is 11.8 Å². The van der Waals surface area contributed by atoms with Crippen molar-refractivity contribution in [3.8, 4) is 5.75 Å². The predicted octanol–water partition coefficient (Wildman–Crippen LogP) is 1.77. The zero-order valence-corrected chi connectivity index (χ0v) is 13.5. The largest absolute Gasteiger partial charge is 0.493 e. The van der Waals surface area contributed by atoms with Crippen molar-refractivity contribution in [2.45, 2.75) is 32.7 Å². The average Bonchev–Trinajstić information content (AvgIpc) is 3.03. The van der Waals surface area contributed by atoms with Crippen molar-refractivity contribution in [3.63, 3.8) is 0 Å². The number of carbonyl (C=O) groups excluding carboxylic acids is 1. The fourth-order valence-electron chi connectivity index (χ4n) is 1.89. The van der Waals surface area contributed by atoms with Gasteiger partial charge in [-0.3, -0.25) is 4.79 Å². The Morgan fingerprint density at radius 1 is 1.41 bits per heavy atom. The molecule has 118 valence electrons. The quantitative estimate of drug-likeness (QED) is 0.713. The molecular weight excluding hydrogens is 300 g/mol. The van der Waals surface area contributed by atoms with Gasteiger partial charge in [-0.2, -0.15) is 15.4 Å². The minimum absolute atomic E-state index is 0.139. The molecule has 0 radical (unpaired) electrons. The molecule has 0 unspecified atom stereocenters. The third kappa shape index (κ3) is 5.85. The molecule has 2 aromatic heterocycles. The summed E-state index contributed by atoms with van der Waals surface area (Å²) in [6.45, 7) is 3.55. The Hall–Kier alpha value is -1.89. The molecule has 6 nitrogen and oxygen atoms in total. The van der Waals surface area contributed by atoms with Crippen molar-refractivity contribution in [1.29, 1.82) is 0 Å². The number of aromatic nitrogens is 4. The molecule has 0 amide bonds. The molecule has 0 aliphatic rings. The fourth-order valence-corrected chi connectivity index (χ4v) is 2.65. The average molecular weight is 321 g/mol. The van der Waals surface area contributed by atoms with Crippen molar-refractivity contribution >= 4 is 16.9 Å². The molecule has 1 N–H and O–H groups in total. The summed E-state index contributed by atoms with van der Waals surface area (Å²) in [5, 5.41) is 10.4. The zero-order chi connectivity index (χ0) is 15.6. The topological polar surface area (TPSA) is 71.8 Å². The summed E-state index contributed by atoms with van der Waals surface area (Å²) in [5.41, 5.74) is 0.876. The summed E-state index contributed by atoms with van der Waals surface area (Å²) in [4.78, 5) is 11.7. The van der Waals surface area contributed by atoms with Crippen LogP contribution in [-0.4, -0.2) is 32.9 Å². The highest BCUT2D eigenvalue weighted by molar-refractivity contribution is 8.13. The first-order valence-electron chi connectivity index (χ1n) is 7.40. The maximum absolute atomic E-state index is 11.7. The maximum atomic E-state index is 11.7. The number of aryl methyl sites for hydroxylation is 2. The lowest BCUT2D eigenvalue weighted by Crippen LogP contribution is -2.31. The highest BCUT2D eigenvalue weighted by Gasteiger charge is 2.06. The molecular formula is C15H21N4O2S+. The van der Waals surface area contributed by atoms with Crippen LogP contribution in [0, 0.1) is 0 Å². The zero-order valence-electron chi connectivity index (χ0n) is 12.7. The predicted molar refractivity (Wildman–Crippen MR) is 84.6 cm³/mol. The van der Waals surface area contributed by atoms with Crippen LogP contribution in [0.3, 0.4) is 0 Å². The minimum Gasteiger partial charge on any atom is -0.493 e. The number of pyridine rings is 1.